The Morgan fingerprint density at radius 2 is 1.95 bits per heavy atom. The first-order valence-corrected chi connectivity index (χ1v) is 7.84. The molecule has 1 amide bonds. The van der Waals surface area contributed by atoms with Gasteiger partial charge in [0.2, 0.25) is 5.91 Å². The molecule has 0 aromatic rings. The number of nitrogens with zero attached hydrogens (tertiary/aromatic N) is 1. The van der Waals surface area contributed by atoms with Crippen LogP contribution < -0.4 is 11.1 Å². The third-order valence-corrected chi connectivity index (χ3v) is 4.96. The summed E-state index contributed by atoms with van der Waals surface area (Å²) < 4.78 is 5.03. The van der Waals surface area contributed by atoms with E-state index in [1.54, 1.807) is 7.11 Å². The van der Waals surface area contributed by atoms with Crippen LogP contribution >= 0.6 is 24.8 Å². The van der Waals surface area contributed by atoms with E-state index in [0.717, 1.165) is 32.5 Å². The van der Waals surface area contributed by atoms with E-state index in [-0.39, 0.29) is 42.7 Å². The van der Waals surface area contributed by atoms with Gasteiger partial charge in [-0.3, -0.25) is 4.79 Å². The van der Waals surface area contributed by atoms with Crippen LogP contribution in [0.4, 0.5) is 0 Å². The molecule has 7 heteroatoms. The number of fused-ring (bicyclic) bond motifs is 2. The minimum atomic E-state index is 0. The number of carbonyl (C=O) groups is 1. The molecule has 0 spiro atoms. The van der Waals surface area contributed by atoms with E-state index in [9.17, 15) is 4.79 Å². The molecule has 2 fully saturated rings. The summed E-state index contributed by atoms with van der Waals surface area (Å²) in [4.78, 5) is 14.5. The van der Waals surface area contributed by atoms with Gasteiger partial charge in [-0.2, -0.15) is 0 Å². The van der Waals surface area contributed by atoms with Gasteiger partial charge in [-0.25, -0.2) is 0 Å². The van der Waals surface area contributed by atoms with Gasteiger partial charge in [0.1, 0.15) is 0 Å². The number of halogens is 2. The SMILES string of the molecule is COCCCN(C)CCNC(=O)C1C2CCC(C2)C1N.Cl.Cl. The Bertz CT molecular complexity index is 332. The summed E-state index contributed by atoms with van der Waals surface area (Å²) in [6.45, 7) is 3.38. The maximum atomic E-state index is 12.3. The summed E-state index contributed by atoms with van der Waals surface area (Å²) in [7, 11) is 3.80. The number of nitrogens with two attached hydrogens (primary N) is 1. The molecule has 0 aromatic carbocycles. The molecule has 3 N–H and O–H groups in total. The van der Waals surface area contributed by atoms with Crippen molar-refractivity contribution in [3.05, 3.63) is 0 Å². The van der Waals surface area contributed by atoms with Crippen LogP contribution in [-0.2, 0) is 9.53 Å². The fourth-order valence-electron chi connectivity index (χ4n) is 3.80. The fourth-order valence-corrected chi connectivity index (χ4v) is 3.80. The number of nitrogens with one attached hydrogen (secondary N) is 1. The molecule has 4 atom stereocenters. The summed E-state index contributed by atoms with van der Waals surface area (Å²) in [5.74, 6) is 1.37. The average Bonchev–Trinajstić information content (AvgIpc) is 2.99. The highest BCUT2D eigenvalue weighted by molar-refractivity contribution is 5.85. The van der Waals surface area contributed by atoms with Gasteiger partial charge in [-0.1, -0.05) is 0 Å². The summed E-state index contributed by atoms with van der Waals surface area (Å²) >= 11 is 0. The Balaban J connectivity index is 0.00000220. The quantitative estimate of drug-likeness (QED) is 0.643. The van der Waals surface area contributed by atoms with E-state index >= 15 is 0 Å². The molecular weight excluding hydrogens is 325 g/mol. The van der Waals surface area contributed by atoms with Gasteiger partial charge in [0.05, 0.1) is 5.92 Å². The van der Waals surface area contributed by atoms with Gasteiger partial charge in [-0.05, 0) is 44.6 Å². The zero-order valence-corrected chi connectivity index (χ0v) is 15.3. The Morgan fingerprint density at radius 1 is 1.27 bits per heavy atom. The zero-order chi connectivity index (χ0) is 14.5. The van der Waals surface area contributed by atoms with Crippen molar-refractivity contribution in [3.63, 3.8) is 0 Å². The van der Waals surface area contributed by atoms with Crippen molar-refractivity contribution in [1.82, 2.24) is 10.2 Å². The molecule has 2 saturated carbocycles. The van der Waals surface area contributed by atoms with Crippen LogP contribution in [0.15, 0.2) is 0 Å². The van der Waals surface area contributed by atoms with Crippen molar-refractivity contribution in [2.24, 2.45) is 23.5 Å². The van der Waals surface area contributed by atoms with E-state index in [4.69, 9.17) is 10.5 Å². The largest absolute Gasteiger partial charge is 0.385 e. The summed E-state index contributed by atoms with van der Waals surface area (Å²) in [6, 6.07) is 0.0909. The molecule has 2 aliphatic rings. The van der Waals surface area contributed by atoms with Gasteiger partial charge in [-0.15, -0.1) is 24.8 Å². The van der Waals surface area contributed by atoms with Crippen molar-refractivity contribution in [2.45, 2.75) is 31.7 Å². The van der Waals surface area contributed by atoms with Gasteiger partial charge < -0.3 is 20.7 Å². The van der Waals surface area contributed by atoms with E-state index in [0.29, 0.717) is 18.4 Å². The summed E-state index contributed by atoms with van der Waals surface area (Å²) in [6.07, 6.45) is 4.60. The third-order valence-electron chi connectivity index (χ3n) is 4.96. The van der Waals surface area contributed by atoms with Crippen LogP contribution in [-0.4, -0.2) is 57.2 Å². The van der Waals surface area contributed by atoms with Crippen molar-refractivity contribution >= 4 is 30.7 Å². The molecule has 0 saturated heterocycles. The first-order valence-electron chi connectivity index (χ1n) is 7.84. The van der Waals surface area contributed by atoms with Crippen molar-refractivity contribution in [1.29, 1.82) is 0 Å². The van der Waals surface area contributed by atoms with Gasteiger partial charge in [0, 0.05) is 39.4 Å². The Labute approximate surface area is 146 Å². The van der Waals surface area contributed by atoms with Crippen LogP contribution in [0.2, 0.25) is 0 Å². The number of rotatable bonds is 8. The van der Waals surface area contributed by atoms with Gasteiger partial charge in [0.15, 0.2) is 0 Å². The molecule has 2 bridgehead atoms. The number of amides is 1. The molecule has 2 aliphatic carbocycles. The van der Waals surface area contributed by atoms with Crippen LogP contribution in [0.5, 0.6) is 0 Å². The highest BCUT2D eigenvalue weighted by Crippen LogP contribution is 2.47. The zero-order valence-electron chi connectivity index (χ0n) is 13.6. The molecule has 2 rings (SSSR count). The monoisotopic (exact) mass is 355 g/mol. The second kappa shape index (κ2) is 10.7. The normalized spacial score (nSPS) is 29.1. The molecule has 0 aliphatic heterocycles. The molecule has 5 nitrogen and oxygen atoms in total. The highest BCUT2D eigenvalue weighted by Gasteiger charge is 2.48. The lowest BCUT2D eigenvalue weighted by Gasteiger charge is -2.27. The minimum Gasteiger partial charge on any atom is -0.385 e. The number of hydrogen-bond donors (Lipinski definition) is 2. The first-order chi connectivity index (χ1) is 9.63. The predicted molar refractivity (Wildman–Crippen MR) is 93.8 cm³/mol. The lowest BCUT2D eigenvalue weighted by atomic mass is 9.84. The van der Waals surface area contributed by atoms with Crippen LogP contribution in [0.1, 0.15) is 25.7 Å². The van der Waals surface area contributed by atoms with Gasteiger partial charge >= 0.3 is 0 Å². The molecule has 0 heterocycles. The Morgan fingerprint density at radius 3 is 2.55 bits per heavy atom. The smallest absolute Gasteiger partial charge is 0.225 e. The van der Waals surface area contributed by atoms with Gasteiger partial charge in [0.25, 0.3) is 0 Å². The van der Waals surface area contributed by atoms with Crippen LogP contribution in [0.3, 0.4) is 0 Å². The molecule has 4 unspecified atom stereocenters. The third kappa shape index (κ3) is 5.53. The number of hydrogen-bond acceptors (Lipinski definition) is 4. The number of likely N-dealkylation sites (N-methyl/N-ethyl adjacent to an activating group) is 1. The van der Waals surface area contributed by atoms with Crippen molar-refractivity contribution in [3.8, 4) is 0 Å². The Kier molecular flexibility index (Phi) is 10.6. The average molecular weight is 356 g/mol. The topological polar surface area (TPSA) is 67.6 Å². The van der Waals surface area contributed by atoms with E-state index in [1.165, 1.54) is 12.8 Å². The summed E-state index contributed by atoms with van der Waals surface area (Å²) in [5.41, 5.74) is 6.19. The lowest BCUT2D eigenvalue weighted by molar-refractivity contribution is -0.127. The minimum absolute atomic E-state index is 0. The van der Waals surface area contributed by atoms with E-state index in [2.05, 4.69) is 17.3 Å². The van der Waals surface area contributed by atoms with Crippen molar-refractivity contribution in [2.75, 3.05) is 40.4 Å². The molecule has 22 heavy (non-hydrogen) atoms. The molecule has 132 valence electrons. The van der Waals surface area contributed by atoms with E-state index in [1.807, 2.05) is 0 Å². The second-order valence-corrected chi connectivity index (χ2v) is 6.38. The number of carbonyl (C=O) groups excluding carboxylic acids is 1. The van der Waals surface area contributed by atoms with Crippen LogP contribution in [0.25, 0.3) is 0 Å². The second-order valence-electron chi connectivity index (χ2n) is 6.38. The standard InChI is InChI=1S/C15H29N3O2.2ClH/c1-18(7-3-9-20-2)8-6-17-15(19)13-11-4-5-12(10-11)14(13)16;;/h11-14H,3-10,16H2,1-2H3,(H,17,19);2*1H. The number of ether oxygens (including phenoxy) is 1. The lowest BCUT2D eigenvalue weighted by Crippen LogP contribution is -2.46. The molecule has 0 radical (unpaired) electrons. The predicted octanol–water partition coefficient (Wildman–Crippen LogP) is 1.29. The maximum absolute atomic E-state index is 12.3. The Hall–Kier alpha value is -0.0700. The molecule has 0 aromatic heterocycles. The number of methoxy groups -OCH3 is 1. The van der Waals surface area contributed by atoms with Crippen molar-refractivity contribution < 1.29 is 9.53 Å². The molecular formula is C15H31Cl2N3O2. The fraction of sp³-hybridized carbons (Fsp3) is 0.933. The van der Waals surface area contributed by atoms with Crippen LogP contribution in [0, 0.1) is 17.8 Å². The first kappa shape index (κ1) is 21.9. The van der Waals surface area contributed by atoms with E-state index < -0.39 is 0 Å². The maximum Gasteiger partial charge on any atom is 0.225 e. The summed E-state index contributed by atoms with van der Waals surface area (Å²) in [5, 5.41) is 3.07. The highest BCUT2D eigenvalue weighted by atomic mass is 35.5.